The van der Waals surface area contributed by atoms with Crippen molar-refractivity contribution in [2.45, 2.75) is 122 Å². The Bertz CT molecular complexity index is 465. The summed E-state index contributed by atoms with van der Waals surface area (Å²) in [7, 11) is 0. The highest BCUT2D eigenvalue weighted by molar-refractivity contribution is 5.83. The van der Waals surface area contributed by atoms with Crippen molar-refractivity contribution in [1.82, 2.24) is 5.32 Å². The van der Waals surface area contributed by atoms with Gasteiger partial charge in [-0.3, -0.25) is 9.79 Å². The summed E-state index contributed by atoms with van der Waals surface area (Å²) < 4.78 is 0. The maximum atomic E-state index is 11.9. The van der Waals surface area contributed by atoms with Gasteiger partial charge in [0.05, 0.1) is 0 Å². The summed E-state index contributed by atoms with van der Waals surface area (Å²) in [6.07, 6.45) is 19.7. The van der Waals surface area contributed by atoms with Gasteiger partial charge >= 0.3 is 5.97 Å². The van der Waals surface area contributed by atoms with E-state index >= 15 is 0 Å². The summed E-state index contributed by atoms with van der Waals surface area (Å²) in [5.74, 6) is -1.37. The Morgan fingerprint density at radius 1 is 0.800 bits per heavy atom. The number of rotatable bonds is 21. The first-order chi connectivity index (χ1) is 14.5. The summed E-state index contributed by atoms with van der Waals surface area (Å²) in [5, 5.41) is 11.7. The first kappa shape index (κ1) is 28.2. The van der Waals surface area contributed by atoms with Crippen LogP contribution in [0.2, 0.25) is 0 Å². The number of hydrogen-bond acceptors (Lipinski definition) is 3. The summed E-state index contributed by atoms with van der Waals surface area (Å²) in [5.41, 5.74) is 10.4. The van der Waals surface area contributed by atoms with Crippen molar-refractivity contribution in [2.75, 3.05) is 6.54 Å². The van der Waals surface area contributed by atoms with Crippen LogP contribution in [0.4, 0.5) is 0 Å². The molecule has 1 amide bonds. The van der Waals surface area contributed by atoms with E-state index in [1.807, 2.05) is 0 Å². The van der Waals surface area contributed by atoms with Gasteiger partial charge in [0.1, 0.15) is 6.04 Å². The lowest BCUT2D eigenvalue weighted by molar-refractivity contribution is -0.142. The molecule has 0 aliphatic rings. The van der Waals surface area contributed by atoms with Crippen molar-refractivity contribution in [3.8, 4) is 0 Å². The van der Waals surface area contributed by atoms with E-state index in [9.17, 15) is 9.59 Å². The largest absolute Gasteiger partial charge is 0.480 e. The zero-order chi connectivity index (χ0) is 22.5. The SMILES string of the molecule is CCCCCCCCCCCCCCCCCC(=O)N[C@@H](CCN=C(N)N)C(=O)O. The average Bonchev–Trinajstić information content (AvgIpc) is 2.69. The number of amides is 1. The molecule has 7 heteroatoms. The first-order valence-electron chi connectivity index (χ1n) is 12.0. The smallest absolute Gasteiger partial charge is 0.326 e. The van der Waals surface area contributed by atoms with E-state index in [2.05, 4.69) is 17.2 Å². The molecule has 0 aliphatic carbocycles. The van der Waals surface area contributed by atoms with E-state index in [4.69, 9.17) is 16.6 Å². The van der Waals surface area contributed by atoms with Gasteiger partial charge in [-0.1, -0.05) is 96.8 Å². The van der Waals surface area contributed by atoms with Gasteiger partial charge in [-0.15, -0.1) is 0 Å². The number of nitrogens with two attached hydrogens (primary N) is 2. The zero-order valence-corrected chi connectivity index (χ0v) is 19.2. The van der Waals surface area contributed by atoms with E-state index in [1.165, 1.54) is 77.0 Å². The summed E-state index contributed by atoms with van der Waals surface area (Å²) in [4.78, 5) is 26.9. The molecule has 0 saturated heterocycles. The van der Waals surface area contributed by atoms with E-state index in [0.29, 0.717) is 6.42 Å². The zero-order valence-electron chi connectivity index (χ0n) is 19.2. The molecule has 0 rings (SSSR count). The molecule has 0 fully saturated rings. The van der Waals surface area contributed by atoms with Gasteiger partial charge in [-0.05, 0) is 12.8 Å². The molecule has 0 spiro atoms. The van der Waals surface area contributed by atoms with E-state index < -0.39 is 12.0 Å². The molecule has 0 aliphatic heterocycles. The Morgan fingerprint density at radius 2 is 1.23 bits per heavy atom. The lowest BCUT2D eigenvalue weighted by atomic mass is 10.0. The van der Waals surface area contributed by atoms with Crippen LogP contribution in [-0.4, -0.2) is 35.5 Å². The van der Waals surface area contributed by atoms with Gasteiger partial charge in [0.25, 0.3) is 0 Å². The van der Waals surface area contributed by atoms with E-state index in [0.717, 1.165) is 19.3 Å². The van der Waals surface area contributed by atoms with Crippen molar-refractivity contribution >= 4 is 17.8 Å². The predicted molar refractivity (Wildman–Crippen MR) is 124 cm³/mol. The molecule has 0 unspecified atom stereocenters. The molecule has 0 radical (unpaired) electrons. The molecular weight excluding hydrogens is 380 g/mol. The van der Waals surface area contributed by atoms with Crippen LogP contribution in [0.3, 0.4) is 0 Å². The Morgan fingerprint density at radius 3 is 1.63 bits per heavy atom. The van der Waals surface area contributed by atoms with Crippen LogP contribution in [0, 0.1) is 0 Å². The Kier molecular flexibility index (Phi) is 19.3. The number of aliphatic carboxylic acids is 1. The standard InChI is InChI=1S/C23H46N4O3/c1-2-3-4-5-6-7-8-9-10-11-12-13-14-15-16-17-21(28)27-20(22(29)30)18-19-26-23(24)25/h20H,2-19H2,1H3,(H,27,28)(H,29,30)(H4,24,25,26)/t20-/m0/s1. The molecule has 0 aromatic heterocycles. The Labute approximate surface area is 183 Å². The molecule has 30 heavy (non-hydrogen) atoms. The molecule has 0 saturated carbocycles. The minimum absolute atomic E-state index is 0.0803. The summed E-state index contributed by atoms with van der Waals surface area (Å²) in [6, 6.07) is -0.947. The molecule has 6 N–H and O–H groups in total. The quantitative estimate of drug-likeness (QED) is 0.122. The molecule has 1 atom stereocenters. The lowest BCUT2D eigenvalue weighted by Gasteiger charge is -2.13. The van der Waals surface area contributed by atoms with Crippen LogP contribution in [0.1, 0.15) is 116 Å². The molecule has 0 bridgehead atoms. The number of carbonyl (C=O) groups excluding carboxylic acids is 1. The van der Waals surface area contributed by atoms with Crippen LogP contribution >= 0.6 is 0 Å². The maximum Gasteiger partial charge on any atom is 0.326 e. The van der Waals surface area contributed by atoms with Crippen LogP contribution in [-0.2, 0) is 9.59 Å². The number of hydrogen-bond donors (Lipinski definition) is 4. The highest BCUT2D eigenvalue weighted by atomic mass is 16.4. The number of carbonyl (C=O) groups is 2. The number of carboxylic acid groups (broad SMARTS) is 1. The number of guanidine groups is 1. The molecule has 7 nitrogen and oxygen atoms in total. The average molecular weight is 427 g/mol. The van der Waals surface area contributed by atoms with E-state index in [1.54, 1.807) is 0 Å². The monoisotopic (exact) mass is 426 g/mol. The Balaban J connectivity index is 3.51. The number of nitrogens with zero attached hydrogens (tertiary/aromatic N) is 1. The van der Waals surface area contributed by atoms with Gasteiger partial charge in [-0.25, -0.2) is 4.79 Å². The van der Waals surface area contributed by atoms with Gasteiger partial charge in [0.2, 0.25) is 5.91 Å². The van der Waals surface area contributed by atoms with Gasteiger partial charge in [-0.2, -0.15) is 0 Å². The van der Waals surface area contributed by atoms with E-state index in [-0.39, 0.29) is 24.8 Å². The van der Waals surface area contributed by atoms with Crippen molar-refractivity contribution in [3.05, 3.63) is 0 Å². The summed E-state index contributed by atoms with van der Waals surface area (Å²) in [6.45, 7) is 2.44. The fourth-order valence-corrected chi connectivity index (χ4v) is 3.50. The second-order valence-corrected chi connectivity index (χ2v) is 8.25. The minimum Gasteiger partial charge on any atom is -0.480 e. The Hall–Kier alpha value is -1.79. The molecule has 0 heterocycles. The van der Waals surface area contributed by atoms with Crippen LogP contribution in [0.25, 0.3) is 0 Å². The van der Waals surface area contributed by atoms with Gasteiger partial charge in [0, 0.05) is 13.0 Å². The van der Waals surface area contributed by atoms with Crippen LogP contribution < -0.4 is 16.8 Å². The second kappa shape index (κ2) is 20.5. The third kappa shape index (κ3) is 19.5. The van der Waals surface area contributed by atoms with Gasteiger partial charge in [0.15, 0.2) is 5.96 Å². The number of unbranched alkanes of at least 4 members (excludes halogenated alkanes) is 14. The van der Waals surface area contributed by atoms with Crippen molar-refractivity contribution in [2.24, 2.45) is 16.5 Å². The molecule has 0 aromatic carbocycles. The second-order valence-electron chi connectivity index (χ2n) is 8.25. The third-order valence-corrected chi connectivity index (χ3v) is 5.35. The first-order valence-corrected chi connectivity index (χ1v) is 12.0. The molecular formula is C23H46N4O3. The third-order valence-electron chi connectivity index (χ3n) is 5.35. The topological polar surface area (TPSA) is 131 Å². The van der Waals surface area contributed by atoms with Gasteiger partial charge < -0.3 is 21.9 Å². The van der Waals surface area contributed by atoms with Crippen molar-refractivity contribution in [1.29, 1.82) is 0 Å². The molecule has 0 aromatic rings. The fourth-order valence-electron chi connectivity index (χ4n) is 3.50. The highest BCUT2D eigenvalue weighted by Gasteiger charge is 2.19. The predicted octanol–water partition coefficient (Wildman–Crippen LogP) is 4.48. The summed E-state index contributed by atoms with van der Waals surface area (Å²) >= 11 is 0. The lowest BCUT2D eigenvalue weighted by Crippen LogP contribution is -2.41. The fraction of sp³-hybridized carbons (Fsp3) is 0.870. The van der Waals surface area contributed by atoms with Crippen LogP contribution in [0.5, 0.6) is 0 Å². The maximum absolute atomic E-state index is 11.9. The number of nitrogens with one attached hydrogen (secondary N) is 1. The number of carboxylic acids is 1. The minimum atomic E-state index is -1.06. The number of aliphatic imine (C=N–C) groups is 1. The highest BCUT2D eigenvalue weighted by Crippen LogP contribution is 2.13. The molecule has 176 valence electrons. The van der Waals surface area contributed by atoms with Crippen molar-refractivity contribution in [3.63, 3.8) is 0 Å². The normalized spacial score (nSPS) is 11.8. The van der Waals surface area contributed by atoms with Crippen molar-refractivity contribution < 1.29 is 14.7 Å². The van der Waals surface area contributed by atoms with Crippen LogP contribution in [0.15, 0.2) is 4.99 Å².